The van der Waals surface area contributed by atoms with Gasteiger partial charge in [0.05, 0.1) is 7.11 Å². The second kappa shape index (κ2) is 10.9. The zero-order valence-electron chi connectivity index (χ0n) is 20.6. The molecule has 0 amide bonds. The van der Waals surface area contributed by atoms with Crippen LogP contribution in [0.5, 0.6) is 5.75 Å². The molecule has 3 heterocycles. The number of hydrogen-bond acceptors (Lipinski definition) is 9. The van der Waals surface area contributed by atoms with Gasteiger partial charge in [-0.15, -0.1) is 0 Å². The zero-order valence-corrected chi connectivity index (χ0v) is 21.4. The average molecular weight is 511 g/mol. The van der Waals surface area contributed by atoms with Gasteiger partial charge in [-0.3, -0.25) is 8.37 Å². The molecular formula is C25H34O9S. The van der Waals surface area contributed by atoms with E-state index in [1.54, 1.807) is 18.2 Å². The van der Waals surface area contributed by atoms with E-state index in [1.807, 2.05) is 6.92 Å². The van der Waals surface area contributed by atoms with Crippen LogP contribution in [0.3, 0.4) is 0 Å². The fourth-order valence-corrected chi connectivity index (χ4v) is 7.72. The van der Waals surface area contributed by atoms with Crippen LogP contribution in [0.15, 0.2) is 33.5 Å². The monoisotopic (exact) mass is 510 g/mol. The van der Waals surface area contributed by atoms with Crippen molar-refractivity contribution >= 4 is 27.5 Å². The first-order valence-corrected chi connectivity index (χ1v) is 13.9. The van der Waals surface area contributed by atoms with Crippen molar-refractivity contribution in [1.29, 1.82) is 0 Å². The standard InChI is InChI=1S/C25H34O9S/c1-5-7-11-35(12-8-6-2)33-21-20(27)22(34-35)25(32-23(21)24(28)29-4)30-16-9-10-17-15(3)13-19(26)31-18(17)14-16/h9-10,13-14,20-23,25,27H,5-8,11-12H2,1-4H3/t20-,21-,22+,23-,25+/m0/s1. The second-order valence-electron chi connectivity index (χ2n) is 8.94. The predicted molar refractivity (Wildman–Crippen MR) is 131 cm³/mol. The van der Waals surface area contributed by atoms with E-state index in [1.165, 1.54) is 13.2 Å². The van der Waals surface area contributed by atoms with E-state index in [4.69, 9.17) is 27.0 Å². The third-order valence-electron chi connectivity index (χ3n) is 6.32. The summed E-state index contributed by atoms with van der Waals surface area (Å²) in [4.78, 5) is 24.5. The number of hydrogen-bond donors (Lipinski definition) is 1. The van der Waals surface area contributed by atoms with Gasteiger partial charge in [0.25, 0.3) is 0 Å². The average Bonchev–Trinajstić information content (AvgIpc) is 2.83. The molecular weight excluding hydrogens is 476 g/mol. The van der Waals surface area contributed by atoms with Gasteiger partial charge >= 0.3 is 11.6 Å². The number of esters is 1. The van der Waals surface area contributed by atoms with Gasteiger partial charge in [-0.1, -0.05) is 26.7 Å². The molecule has 1 aromatic heterocycles. The Kier molecular flexibility index (Phi) is 8.07. The zero-order chi connectivity index (χ0) is 25.2. The van der Waals surface area contributed by atoms with Crippen molar-refractivity contribution in [2.75, 3.05) is 18.6 Å². The van der Waals surface area contributed by atoms with Gasteiger partial charge < -0.3 is 23.7 Å². The van der Waals surface area contributed by atoms with Crippen molar-refractivity contribution in [2.45, 2.75) is 77.2 Å². The normalized spacial score (nSPS) is 28.4. The maximum absolute atomic E-state index is 12.6. The lowest BCUT2D eigenvalue weighted by molar-refractivity contribution is -0.274. The summed E-state index contributed by atoms with van der Waals surface area (Å²) in [6.45, 7) is 6.02. The van der Waals surface area contributed by atoms with E-state index >= 15 is 0 Å². The number of benzene rings is 1. The molecule has 4 rings (SSSR count). The number of methoxy groups -OCH3 is 1. The number of fused-ring (bicyclic) bond motifs is 3. The second-order valence-corrected chi connectivity index (χ2v) is 11.6. The van der Waals surface area contributed by atoms with Gasteiger partial charge in [0.1, 0.15) is 23.5 Å². The highest BCUT2D eigenvalue weighted by Gasteiger charge is 2.58. The number of ether oxygens (including phenoxy) is 3. The molecule has 1 N–H and O–H groups in total. The number of rotatable bonds is 9. The molecule has 194 valence electrons. The van der Waals surface area contributed by atoms with Crippen LogP contribution in [0.2, 0.25) is 0 Å². The van der Waals surface area contributed by atoms with Crippen molar-refractivity contribution in [1.82, 2.24) is 0 Å². The number of aryl methyl sites for hydroxylation is 1. The molecule has 0 spiro atoms. The Balaban J connectivity index is 1.68. The highest BCUT2D eigenvalue weighted by molar-refractivity contribution is 8.25. The predicted octanol–water partition coefficient (Wildman–Crippen LogP) is 3.76. The molecule has 0 aliphatic carbocycles. The van der Waals surface area contributed by atoms with Crippen LogP contribution in [0, 0.1) is 6.92 Å². The van der Waals surface area contributed by atoms with Crippen LogP contribution < -0.4 is 10.4 Å². The quantitative estimate of drug-likeness (QED) is 0.398. The Morgan fingerprint density at radius 1 is 1.09 bits per heavy atom. The van der Waals surface area contributed by atoms with Crippen LogP contribution in [0.25, 0.3) is 11.0 Å². The fourth-order valence-electron chi connectivity index (χ4n) is 4.40. The molecule has 35 heavy (non-hydrogen) atoms. The lowest BCUT2D eigenvalue weighted by Crippen LogP contribution is -2.66. The first kappa shape index (κ1) is 26.0. The Labute approximate surface area is 206 Å². The largest absolute Gasteiger partial charge is 0.467 e. The summed E-state index contributed by atoms with van der Waals surface area (Å²) in [6.07, 6.45) is -1.48. The van der Waals surface area contributed by atoms with Crippen LogP contribution >= 0.6 is 10.6 Å². The molecule has 2 saturated heterocycles. The molecule has 2 aromatic rings. The van der Waals surface area contributed by atoms with E-state index in [0.29, 0.717) is 22.8 Å². The molecule has 5 atom stereocenters. The molecule has 2 aliphatic heterocycles. The number of carbonyl (C=O) groups excluding carboxylic acids is 1. The number of unbranched alkanes of at least 4 members (excludes halogenated alkanes) is 2. The van der Waals surface area contributed by atoms with Gasteiger partial charge in [0.15, 0.2) is 12.2 Å². The highest BCUT2D eigenvalue weighted by atomic mass is 32.3. The lowest BCUT2D eigenvalue weighted by atomic mass is 9.99. The van der Waals surface area contributed by atoms with Gasteiger partial charge in [-0.25, -0.2) is 9.59 Å². The van der Waals surface area contributed by atoms with Crippen molar-refractivity contribution in [3.05, 3.63) is 40.2 Å². The van der Waals surface area contributed by atoms with E-state index in [2.05, 4.69) is 13.8 Å². The fraction of sp³-hybridized carbons (Fsp3) is 0.600. The topological polar surface area (TPSA) is 114 Å². The van der Waals surface area contributed by atoms with Crippen molar-refractivity contribution in [2.24, 2.45) is 0 Å². The summed E-state index contributed by atoms with van der Waals surface area (Å²) in [5, 5.41) is 11.9. The maximum atomic E-state index is 12.6. The lowest BCUT2D eigenvalue weighted by Gasteiger charge is -2.57. The summed E-state index contributed by atoms with van der Waals surface area (Å²) >= 11 is 0. The van der Waals surface area contributed by atoms with Crippen LogP contribution in [0.4, 0.5) is 0 Å². The van der Waals surface area contributed by atoms with E-state index in [0.717, 1.165) is 36.6 Å². The van der Waals surface area contributed by atoms with E-state index in [9.17, 15) is 14.7 Å². The maximum Gasteiger partial charge on any atom is 0.338 e. The first-order chi connectivity index (χ1) is 16.8. The molecule has 2 bridgehead atoms. The molecule has 10 heteroatoms. The summed E-state index contributed by atoms with van der Waals surface area (Å²) in [5.74, 6) is 1.10. The number of aliphatic hydroxyl groups is 1. The van der Waals surface area contributed by atoms with E-state index < -0.39 is 52.9 Å². The minimum atomic E-state index is -2.05. The summed E-state index contributed by atoms with van der Waals surface area (Å²) in [6, 6.07) is 6.52. The third kappa shape index (κ3) is 5.36. The van der Waals surface area contributed by atoms with Crippen molar-refractivity contribution in [3.63, 3.8) is 0 Å². The van der Waals surface area contributed by atoms with Gasteiger partial charge in [-0.2, -0.15) is 10.6 Å². The van der Waals surface area contributed by atoms with Crippen molar-refractivity contribution in [3.8, 4) is 5.75 Å². The summed E-state index contributed by atoms with van der Waals surface area (Å²) < 4.78 is 35.2. The minimum Gasteiger partial charge on any atom is -0.467 e. The molecule has 1 aromatic carbocycles. The van der Waals surface area contributed by atoms with Gasteiger partial charge in [0.2, 0.25) is 6.29 Å². The smallest absolute Gasteiger partial charge is 0.338 e. The van der Waals surface area contributed by atoms with Crippen molar-refractivity contribution < 1.29 is 36.9 Å². The summed E-state index contributed by atoms with van der Waals surface area (Å²) in [5.41, 5.74) is 0.692. The van der Waals surface area contributed by atoms with Crippen LogP contribution in [0.1, 0.15) is 45.1 Å². The molecule has 0 radical (unpaired) electrons. The first-order valence-electron chi connectivity index (χ1n) is 12.1. The SMILES string of the molecule is CCCCS1(CCCC)O[C@H]2[C@H](Oc3ccc4c(C)cc(=O)oc4c3)O[C@H](C(=O)OC)[C@@H](O1)[C@@H]2O. The molecule has 9 nitrogen and oxygen atoms in total. The van der Waals surface area contributed by atoms with Crippen LogP contribution in [-0.4, -0.2) is 60.4 Å². The van der Waals surface area contributed by atoms with Crippen LogP contribution in [-0.2, 0) is 22.6 Å². The van der Waals surface area contributed by atoms with Gasteiger partial charge in [0, 0.05) is 29.0 Å². The summed E-state index contributed by atoms with van der Waals surface area (Å²) in [7, 11) is -0.782. The van der Waals surface area contributed by atoms with E-state index in [-0.39, 0.29) is 0 Å². The molecule has 2 aliphatic rings. The Morgan fingerprint density at radius 2 is 1.77 bits per heavy atom. The Morgan fingerprint density at radius 3 is 2.43 bits per heavy atom. The van der Waals surface area contributed by atoms with Gasteiger partial charge in [-0.05, 0) is 37.5 Å². The molecule has 2 fully saturated rings. The Hall–Kier alpha value is -2.11. The molecule has 0 unspecified atom stereocenters. The molecule has 0 saturated carbocycles. The number of aliphatic hydroxyl groups excluding tert-OH is 1. The third-order valence-corrected chi connectivity index (χ3v) is 9.29. The number of carbonyl (C=O) groups is 1. The highest BCUT2D eigenvalue weighted by Crippen LogP contribution is 2.59. The minimum absolute atomic E-state index is 0.350. The Bertz CT molecular complexity index is 1090.